The Morgan fingerprint density at radius 2 is 2.00 bits per heavy atom. The van der Waals surface area contributed by atoms with Crippen molar-refractivity contribution in [1.82, 2.24) is 10.6 Å². The van der Waals surface area contributed by atoms with Gasteiger partial charge in [-0.2, -0.15) is 0 Å². The molecular formula is C15H20ClN3. The number of aliphatic imine (C=N–C) groups is 1. The third-order valence-electron chi connectivity index (χ3n) is 2.66. The second kappa shape index (κ2) is 5.66. The zero-order chi connectivity index (χ0) is 13.9. The van der Waals surface area contributed by atoms with Gasteiger partial charge in [0.2, 0.25) is 0 Å². The van der Waals surface area contributed by atoms with Crippen LogP contribution in [0.3, 0.4) is 0 Å². The molecule has 1 aliphatic rings. The maximum absolute atomic E-state index is 6.25. The van der Waals surface area contributed by atoms with Crippen molar-refractivity contribution in [2.24, 2.45) is 4.99 Å². The normalized spacial score (nSPS) is 16.0. The van der Waals surface area contributed by atoms with E-state index in [-0.39, 0.29) is 5.54 Å². The summed E-state index contributed by atoms with van der Waals surface area (Å²) in [6.07, 6.45) is 2.03. The standard InChI is InChI=1S/C15H20ClN3/c1-15(2,3)19-14-10-13(17-8-9-18-14)11-6-4-5-7-12(11)16/h4-7,10,17H,8-9H2,1-3H3,(H,18,19). The third kappa shape index (κ3) is 4.00. The predicted molar refractivity (Wildman–Crippen MR) is 82.6 cm³/mol. The molecule has 1 aliphatic heterocycles. The van der Waals surface area contributed by atoms with E-state index in [0.29, 0.717) is 0 Å². The van der Waals surface area contributed by atoms with Gasteiger partial charge in [0.15, 0.2) is 0 Å². The highest BCUT2D eigenvalue weighted by molar-refractivity contribution is 6.32. The maximum atomic E-state index is 6.25. The van der Waals surface area contributed by atoms with Gasteiger partial charge < -0.3 is 10.6 Å². The second-order valence-corrected chi connectivity index (χ2v) is 6.01. The maximum Gasteiger partial charge on any atom is 0.123 e. The van der Waals surface area contributed by atoms with E-state index < -0.39 is 0 Å². The number of hydrogen-bond donors (Lipinski definition) is 2. The summed E-state index contributed by atoms with van der Waals surface area (Å²) in [5.74, 6) is 0.896. The highest BCUT2D eigenvalue weighted by Crippen LogP contribution is 2.22. The Morgan fingerprint density at radius 3 is 2.68 bits per heavy atom. The number of halogens is 1. The Balaban J connectivity index is 2.30. The van der Waals surface area contributed by atoms with E-state index in [1.165, 1.54) is 0 Å². The fraction of sp³-hybridized carbons (Fsp3) is 0.400. The van der Waals surface area contributed by atoms with Gasteiger partial charge in [0, 0.05) is 34.4 Å². The number of hydrogen-bond acceptors (Lipinski definition) is 3. The summed E-state index contributed by atoms with van der Waals surface area (Å²) in [5.41, 5.74) is 2.01. The Morgan fingerprint density at radius 1 is 1.26 bits per heavy atom. The number of nitrogens with one attached hydrogen (secondary N) is 2. The molecular weight excluding hydrogens is 258 g/mol. The molecule has 2 N–H and O–H groups in total. The fourth-order valence-corrected chi connectivity index (χ4v) is 2.15. The van der Waals surface area contributed by atoms with Gasteiger partial charge in [0.25, 0.3) is 0 Å². The summed E-state index contributed by atoms with van der Waals surface area (Å²) in [6, 6.07) is 7.84. The van der Waals surface area contributed by atoms with Gasteiger partial charge in [-0.1, -0.05) is 29.8 Å². The molecule has 1 aromatic carbocycles. The van der Waals surface area contributed by atoms with Crippen LogP contribution in [0, 0.1) is 0 Å². The average Bonchev–Trinajstić information content (AvgIpc) is 2.53. The molecule has 0 spiro atoms. The second-order valence-electron chi connectivity index (χ2n) is 5.61. The summed E-state index contributed by atoms with van der Waals surface area (Å²) in [6.45, 7) is 7.93. The Bertz CT molecular complexity index is 512. The molecule has 4 heteroatoms. The molecule has 2 rings (SSSR count). The number of benzene rings is 1. The van der Waals surface area contributed by atoms with E-state index in [9.17, 15) is 0 Å². The van der Waals surface area contributed by atoms with Crippen molar-refractivity contribution in [3.8, 4) is 0 Å². The average molecular weight is 278 g/mol. The van der Waals surface area contributed by atoms with E-state index >= 15 is 0 Å². The molecule has 3 nitrogen and oxygen atoms in total. The minimum absolute atomic E-state index is 0.00866. The van der Waals surface area contributed by atoms with Gasteiger partial charge in [0.1, 0.15) is 5.84 Å². The number of amidine groups is 1. The Hall–Kier alpha value is -1.48. The molecule has 0 fully saturated rings. The highest BCUT2D eigenvalue weighted by atomic mass is 35.5. The van der Waals surface area contributed by atoms with Crippen molar-refractivity contribution >= 4 is 23.1 Å². The molecule has 0 aliphatic carbocycles. The summed E-state index contributed by atoms with van der Waals surface area (Å²) in [5, 5.41) is 7.53. The molecule has 0 amide bonds. The van der Waals surface area contributed by atoms with Crippen LogP contribution in [0.25, 0.3) is 5.70 Å². The Labute approximate surface area is 119 Å². The minimum atomic E-state index is -0.00866. The minimum Gasteiger partial charge on any atom is -0.383 e. The molecule has 0 unspecified atom stereocenters. The van der Waals surface area contributed by atoms with Crippen LogP contribution in [0.15, 0.2) is 35.3 Å². The molecule has 0 aromatic heterocycles. The number of nitrogens with zero attached hydrogens (tertiary/aromatic N) is 1. The SMILES string of the molecule is CC(C)(C)NC1=NCCNC(c2ccccc2Cl)=C1. The van der Waals surface area contributed by atoms with E-state index in [4.69, 9.17) is 11.6 Å². The number of rotatable bonds is 1. The summed E-state index contributed by atoms with van der Waals surface area (Å²) < 4.78 is 0. The van der Waals surface area contributed by atoms with Gasteiger partial charge >= 0.3 is 0 Å². The van der Waals surface area contributed by atoms with Gasteiger partial charge in [-0.05, 0) is 26.8 Å². The topological polar surface area (TPSA) is 36.4 Å². The lowest BCUT2D eigenvalue weighted by atomic mass is 10.1. The largest absolute Gasteiger partial charge is 0.383 e. The third-order valence-corrected chi connectivity index (χ3v) is 2.99. The van der Waals surface area contributed by atoms with Gasteiger partial charge in [0.05, 0.1) is 6.54 Å². The molecule has 0 radical (unpaired) electrons. The molecule has 19 heavy (non-hydrogen) atoms. The lowest BCUT2D eigenvalue weighted by molar-refractivity contribution is 0.512. The van der Waals surface area contributed by atoms with Crippen LogP contribution in [-0.4, -0.2) is 24.5 Å². The van der Waals surface area contributed by atoms with Crippen LogP contribution in [-0.2, 0) is 0 Å². The van der Waals surface area contributed by atoms with Gasteiger partial charge in [-0.25, -0.2) is 0 Å². The van der Waals surface area contributed by atoms with Gasteiger partial charge in [-0.3, -0.25) is 4.99 Å². The van der Waals surface area contributed by atoms with Crippen LogP contribution < -0.4 is 10.6 Å². The Kier molecular flexibility index (Phi) is 4.15. The molecule has 102 valence electrons. The van der Waals surface area contributed by atoms with Crippen LogP contribution in [0.4, 0.5) is 0 Å². The first-order valence-corrected chi connectivity index (χ1v) is 6.87. The summed E-state index contributed by atoms with van der Waals surface area (Å²) in [7, 11) is 0. The van der Waals surface area contributed by atoms with Crippen molar-refractivity contribution < 1.29 is 0 Å². The van der Waals surface area contributed by atoms with E-state index in [2.05, 4.69) is 36.4 Å². The molecule has 1 aromatic rings. The van der Waals surface area contributed by atoms with Crippen molar-refractivity contribution in [2.45, 2.75) is 26.3 Å². The van der Waals surface area contributed by atoms with E-state index in [0.717, 1.165) is 35.2 Å². The summed E-state index contributed by atoms with van der Waals surface area (Å²) in [4.78, 5) is 4.54. The lowest BCUT2D eigenvalue weighted by Crippen LogP contribution is -2.40. The van der Waals surface area contributed by atoms with Gasteiger partial charge in [-0.15, -0.1) is 0 Å². The molecule has 0 atom stereocenters. The quantitative estimate of drug-likeness (QED) is 0.828. The molecule has 0 bridgehead atoms. The fourth-order valence-electron chi connectivity index (χ4n) is 1.91. The summed E-state index contributed by atoms with van der Waals surface area (Å²) >= 11 is 6.25. The highest BCUT2D eigenvalue weighted by Gasteiger charge is 2.14. The first-order valence-electron chi connectivity index (χ1n) is 6.49. The molecule has 0 saturated heterocycles. The molecule has 1 heterocycles. The van der Waals surface area contributed by atoms with E-state index in [1.807, 2.05) is 30.3 Å². The van der Waals surface area contributed by atoms with E-state index in [1.54, 1.807) is 0 Å². The van der Waals surface area contributed by atoms with Crippen molar-refractivity contribution in [2.75, 3.05) is 13.1 Å². The first-order chi connectivity index (χ1) is 8.96. The first kappa shape index (κ1) is 13.9. The van der Waals surface area contributed by atoms with Crippen LogP contribution in [0.5, 0.6) is 0 Å². The van der Waals surface area contributed by atoms with Crippen LogP contribution in [0.1, 0.15) is 26.3 Å². The molecule has 0 saturated carbocycles. The zero-order valence-corrected chi connectivity index (χ0v) is 12.4. The lowest BCUT2D eigenvalue weighted by Gasteiger charge is -2.22. The van der Waals surface area contributed by atoms with Crippen molar-refractivity contribution in [3.05, 3.63) is 40.9 Å². The monoisotopic (exact) mass is 277 g/mol. The predicted octanol–water partition coefficient (Wildman–Crippen LogP) is 3.07. The van der Waals surface area contributed by atoms with Crippen LogP contribution >= 0.6 is 11.6 Å². The van der Waals surface area contributed by atoms with Crippen LogP contribution in [0.2, 0.25) is 5.02 Å². The zero-order valence-electron chi connectivity index (χ0n) is 11.6. The van der Waals surface area contributed by atoms with Crippen molar-refractivity contribution in [3.63, 3.8) is 0 Å². The van der Waals surface area contributed by atoms with Crippen molar-refractivity contribution in [1.29, 1.82) is 0 Å². The smallest absolute Gasteiger partial charge is 0.123 e.